The SMILES string of the molecule is C[S@](=O)c1ccc(NC(=O)N2CCN(S(=O)(=O)c3cccnc3)CC2)cc1. The average molecular weight is 409 g/mol. The van der Waals surface area contributed by atoms with Crippen LogP contribution in [0.4, 0.5) is 10.5 Å². The molecule has 1 aromatic carbocycles. The molecule has 2 aromatic rings. The zero-order chi connectivity index (χ0) is 19.4. The van der Waals surface area contributed by atoms with Crippen LogP contribution >= 0.6 is 0 Å². The van der Waals surface area contributed by atoms with E-state index < -0.39 is 20.8 Å². The van der Waals surface area contributed by atoms with E-state index >= 15 is 0 Å². The smallest absolute Gasteiger partial charge is 0.321 e. The highest BCUT2D eigenvalue weighted by Crippen LogP contribution is 2.17. The lowest BCUT2D eigenvalue weighted by molar-refractivity contribution is 0.184. The van der Waals surface area contributed by atoms with Gasteiger partial charge < -0.3 is 10.2 Å². The molecule has 3 rings (SSSR count). The van der Waals surface area contributed by atoms with E-state index in [0.717, 1.165) is 0 Å². The molecular formula is C17H20N4O4S2. The van der Waals surface area contributed by atoms with E-state index in [9.17, 15) is 17.4 Å². The molecule has 0 saturated carbocycles. The van der Waals surface area contributed by atoms with Crippen molar-refractivity contribution in [3.8, 4) is 0 Å². The summed E-state index contributed by atoms with van der Waals surface area (Å²) in [7, 11) is -4.67. The van der Waals surface area contributed by atoms with Crippen molar-refractivity contribution in [1.82, 2.24) is 14.2 Å². The molecule has 1 N–H and O–H groups in total. The molecule has 144 valence electrons. The number of sulfonamides is 1. The minimum atomic E-state index is -3.60. The van der Waals surface area contributed by atoms with Gasteiger partial charge in [-0.2, -0.15) is 4.31 Å². The van der Waals surface area contributed by atoms with Gasteiger partial charge in [-0.25, -0.2) is 13.2 Å². The van der Waals surface area contributed by atoms with Gasteiger partial charge in [-0.05, 0) is 36.4 Å². The van der Waals surface area contributed by atoms with Gasteiger partial charge in [0.1, 0.15) is 4.90 Å². The third kappa shape index (κ3) is 4.52. The first-order valence-corrected chi connectivity index (χ1v) is 11.3. The van der Waals surface area contributed by atoms with Gasteiger partial charge in [-0.3, -0.25) is 9.19 Å². The predicted octanol–water partition coefficient (Wildman–Crippen LogP) is 1.36. The Balaban J connectivity index is 1.58. The Hall–Kier alpha value is -2.30. The van der Waals surface area contributed by atoms with Crippen molar-refractivity contribution in [3.05, 3.63) is 48.8 Å². The van der Waals surface area contributed by atoms with Crippen molar-refractivity contribution in [2.24, 2.45) is 0 Å². The minimum absolute atomic E-state index is 0.149. The predicted molar refractivity (Wildman–Crippen MR) is 102 cm³/mol. The van der Waals surface area contributed by atoms with Crippen LogP contribution in [0.25, 0.3) is 0 Å². The van der Waals surface area contributed by atoms with E-state index in [1.54, 1.807) is 41.5 Å². The molecule has 0 bridgehead atoms. The fourth-order valence-electron chi connectivity index (χ4n) is 2.71. The number of carbonyl (C=O) groups is 1. The van der Waals surface area contributed by atoms with E-state index in [0.29, 0.717) is 23.7 Å². The van der Waals surface area contributed by atoms with Crippen LogP contribution in [0.1, 0.15) is 0 Å². The number of nitrogens with zero attached hydrogens (tertiary/aromatic N) is 3. The lowest BCUT2D eigenvalue weighted by atomic mass is 10.3. The quantitative estimate of drug-likeness (QED) is 0.823. The van der Waals surface area contributed by atoms with Crippen molar-refractivity contribution in [2.45, 2.75) is 9.79 Å². The number of rotatable bonds is 4. The topological polar surface area (TPSA) is 99.7 Å². The molecule has 1 atom stereocenters. The Kier molecular flexibility index (Phi) is 5.88. The van der Waals surface area contributed by atoms with Crippen LogP contribution in [0.15, 0.2) is 58.6 Å². The number of amides is 2. The van der Waals surface area contributed by atoms with E-state index in [1.165, 1.54) is 22.8 Å². The second kappa shape index (κ2) is 8.15. The molecule has 1 fully saturated rings. The summed E-state index contributed by atoms with van der Waals surface area (Å²) in [6.07, 6.45) is 4.43. The highest BCUT2D eigenvalue weighted by molar-refractivity contribution is 7.89. The lowest BCUT2D eigenvalue weighted by Crippen LogP contribution is -2.51. The molecule has 2 heterocycles. The van der Waals surface area contributed by atoms with Gasteiger partial charge in [0.25, 0.3) is 0 Å². The van der Waals surface area contributed by atoms with Crippen LogP contribution in [-0.4, -0.2) is 65.3 Å². The minimum Gasteiger partial charge on any atom is -0.322 e. The van der Waals surface area contributed by atoms with E-state index in [4.69, 9.17) is 0 Å². The van der Waals surface area contributed by atoms with E-state index in [-0.39, 0.29) is 24.0 Å². The number of anilines is 1. The van der Waals surface area contributed by atoms with Crippen LogP contribution in [0.5, 0.6) is 0 Å². The second-order valence-electron chi connectivity index (χ2n) is 5.99. The normalized spacial score (nSPS) is 16.7. The number of hydrogen-bond donors (Lipinski definition) is 1. The van der Waals surface area contributed by atoms with E-state index in [1.807, 2.05) is 0 Å². The van der Waals surface area contributed by atoms with Gasteiger partial charge in [-0.1, -0.05) is 0 Å². The van der Waals surface area contributed by atoms with Crippen molar-refractivity contribution >= 4 is 32.5 Å². The van der Waals surface area contributed by atoms with Crippen molar-refractivity contribution < 1.29 is 17.4 Å². The van der Waals surface area contributed by atoms with Gasteiger partial charge in [0.05, 0.1) is 0 Å². The molecule has 1 aliphatic heterocycles. The number of piperazine rings is 1. The van der Waals surface area contributed by atoms with Crippen molar-refractivity contribution in [1.29, 1.82) is 0 Å². The van der Waals surface area contributed by atoms with Crippen LogP contribution in [0, 0.1) is 0 Å². The van der Waals surface area contributed by atoms with Gasteiger partial charge >= 0.3 is 6.03 Å². The lowest BCUT2D eigenvalue weighted by Gasteiger charge is -2.33. The van der Waals surface area contributed by atoms with Crippen molar-refractivity contribution in [2.75, 3.05) is 37.8 Å². The second-order valence-corrected chi connectivity index (χ2v) is 9.31. The summed E-state index contributed by atoms with van der Waals surface area (Å²) >= 11 is 0. The number of carbonyl (C=O) groups excluding carboxylic acids is 1. The monoisotopic (exact) mass is 408 g/mol. The summed E-state index contributed by atoms with van der Waals surface area (Å²) < 4.78 is 37.9. The van der Waals surface area contributed by atoms with Gasteiger partial charge in [-0.15, -0.1) is 0 Å². The third-order valence-electron chi connectivity index (χ3n) is 4.24. The molecule has 1 aliphatic rings. The molecule has 8 nitrogen and oxygen atoms in total. The summed E-state index contributed by atoms with van der Waals surface area (Å²) in [6.45, 7) is 1.03. The van der Waals surface area contributed by atoms with Crippen LogP contribution in [0.2, 0.25) is 0 Å². The number of urea groups is 1. The summed E-state index contributed by atoms with van der Waals surface area (Å²) in [5, 5.41) is 2.77. The number of hydrogen-bond acceptors (Lipinski definition) is 5. The third-order valence-corrected chi connectivity index (χ3v) is 7.05. The maximum Gasteiger partial charge on any atom is 0.321 e. The number of aromatic nitrogens is 1. The average Bonchev–Trinajstić information content (AvgIpc) is 2.69. The Morgan fingerprint density at radius 2 is 1.78 bits per heavy atom. The zero-order valence-electron chi connectivity index (χ0n) is 14.7. The maximum atomic E-state index is 12.6. The fraction of sp³-hybridized carbons (Fsp3) is 0.294. The largest absolute Gasteiger partial charge is 0.322 e. The maximum absolute atomic E-state index is 12.6. The Bertz CT molecular complexity index is 925. The van der Waals surface area contributed by atoms with Gasteiger partial charge in [0.2, 0.25) is 10.0 Å². The Labute approximate surface area is 160 Å². The number of benzene rings is 1. The van der Waals surface area contributed by atoms with Crippen molar-refractivity contribution in [3.63, 3.8) is 0 Å². The zero-order valence-corrected chi connectivity index (χ0v) is 16.4. The summed E-state index contributed by atoms with van der Waals surface area (Å²) in [5.41, 5.74) is 0.597. The van der Waals surface area contributed by atoms with Crippen LogP contribution in [-0.2, 0) is 20.8 Å². The fourth-order valence-corrected chi connectivity index (χ4v) is 4.62. The molecule has 0 radical (unpaired) electrons. The molecule has 1 aromatic heterocycles. The van der Waals surface area contributed by atoms with Crippen LogP contribution in [0.3, 0.4) is 0 Å². The molecule has 10 heteroatoms. The first-order valence-electron chi connectivity index (χ1n) is 8.27. The Morgan fingerprint density at radius 3 is 2.33 bits per heavy atom. The van der Waals surface area contributed by atoms with Gasteiger partial charge in [0, 0.05) is 66.2 Å². The first-order chi connectivity index (χ1) is 12.9. The number of nitrogens with one attached hydrogen (secondary N) is 1. The summed E-state index contributed by atoms with van der Waals surface area (Å²) in [4.78, 5) is 18.6. The summed E-state index contributed by atoms with van der Waals surface area (Å²) in [5.74, 6) is 0. The first kappa shape index (κ1) is 19.5. The van der Waals surface area contributed by atoms with E-state index in [2.05, 4.69) is 10.3 Å². The highest BCUT2D eigenvalue weighted by Gasteiger charge is 2.30. The molecule has 2 amide bonds. The molecule has 0 unspecified atom stereocenters. The molecular weight excluding hydrogens is 388 g/mol. The highest BCUT2D eigenvalue weighted by atomic mass is 32.2. The molecule has 0 spiro atoms. The molecule has 1 saturated heterocycles. The summed E-state index contributed by atoms with van der Waals surface area (Å²) in [6, 6.07) is 9.58. The standard InChI is InChI=1S/C17H20N4O4S2/c1-26(23)15-6-4-14(5-7-15)19-17(22)20-9-11-21(12-10-20)27(24,25)16-3-2-8-18-13-16/h2-8,13H,9-12H2,1H3,(H,19,22)/t26-/m0/s1. The van der Waals surface area contributed by atoms with Crippen LogP contribution < -0.4 is 5.32 Å². The Morgan fingerprint density at radius 1 is 1.11 bits per heavy atom. The molecule has 27 heavy (non-hydrogen) atoms. The van der Waals surface area contributed by atoms with Gasteiger partial charge in [0.15, 0.2) is 0 Å². The number of pyridine rings is 1. The molecule has 0 aliphatic carbocycles.